The van der Waals surface area contributed by atoms with Gasteiger partial charge < -0.3 is 168 Å². The van der Waals surface area contributed by atoms with Gasteiger partial charge >= 0.3 is 18.1 Å². The van der Waals surface area contributed by atoms with E-state index in [2.05, 4.69) is 121 Å². The first-order chi connectivity index (χ1) is 68.1. The maximum absolute atomic E-state index is 15.4. The second-order valence-corrected chi connectivity index (χ2v) is 35.0. The summed E-state index contributed by atoms with van der Waals surface area (Å²) in [4.78, 5) is 241. The number of phenols is 2. The summed E-state index contributed by atoms with van der Waals surface area (Å²) in [6.45, 7) is 0.192. The fourth-order valence-electron chi connectivity index (χ4n) is 15.3. The Morgan fingerprint density at radius 2 is 0.629 bits per heavy atom. The van der Waals surface area contributed by atoms with Gasteiger partial charge in [0.15, 0.2) is 17.9 Å². The predicted octanol–water partition coefficient (Wildman–Crippen LogP) is -6.85. The molecule has 0 aliphatic carbocycles. The average Bonchev–Trinajstić information content (AvgIpc) is 1.45. The minimum absolute atomic E-state index is 0.00846. The van der Waals surface area contributed by atoms with Crippen LogP contribution in [0.3, 0.4) is 0 Å². The van der Waals surface area contributed by atoms with Crippen LogP contribution in [-0.2, 0) is 86.4 Å². The quantitative estimate of drug-likeness (QED) is 0.00845. The van der Waals surface area contributed by atoms with Crippen molar-refractivity contribution < 1.29 is 91.7 Å². The molecule has 788 valence electrons. The van der Waals surface area contributed by atoms with Crippen LogP contribution in [0.2, 0.25) is 0 Å². The van der Waals surface area contributed by atoms with Crippen molar-refractivity contribution in [1.29, 1.82) is 16.2 Å². The van der Waals surface area contributed by atoms with Gasteiger partial charge in [-0.3, -0.25) is 83.4 Å². The van der Waals surface area contributed by atoms with Gasteiger partial charge in [-0.15, -0.1) is 0 Å². The molecule has 1 saturated heterocycles. The fraction of sp³-hybridized carbons (Fsp3) is 0.533. The number of aromatic hydroxyl groups is 2. The van der Waals surface area contributed by atoms with Gasteiger partial charge in [0, 0.05) is 76.6 Å². The van der Waals surface area contributed by atoms with Gasteiger partial charge in [-0.25, -0.2) is 14.4 Å². The van der Waals surface area contributed by atoms with E-state index in [0.29, 0.717) is 36.0 Å². The molecule has 0 aromatic heterocycles. The van der Waals surface area contributed by atoms with Crippen molar-refractivity contribution in [1.82, 2.24) is 101 Å². The third kappa shape index (κ3) is 44.9. The number of phenolic OH excluding ortho intramolecular Hbond substituents is 2. The molecule has 53 heteroatoms. The Balaban J connectivity index is 1.47. The van der Waals surface area contributed by atoms with Crippen molar-refractivity contribution in [2.45, 2.75) is 232 Å². The third-order valence-electron chi connectivity index (χ3n) is 22.9. The third-order valence-corrected chi connectivity index (χ3v) is 23.7. The van der Waals surface area contributed by atoms with Crippen LogP contribution in [0.15, 0.2) is 91.0 Å². The van der Waals surface area contributed by atoms with E-state index in [1.54, 1.807) is 24.3 Å². The van der Waals surface area contributed by atoms with E-state index in [4.69, 9.17) is 73.6 Å². The Bertz CT molecular complexity index is 4940. The van der Waals surface area contributed by atoms with Gasteiger partial charge in [-0.1, -0.05) is 66.7 Å². The minimum atomic E-state index is -1.66. The number of rotatable bonds is 66. The zero-order chi connectivity index (χ0) is 106. The number of thiol groups is 2. The Hall–Kier alpha value is -14.5. The van der Waals surface area contributed by atoms with Crippen LogP contribution in [0.25, 0.3) is 10.8 Å². The second kappa shape index (κ2) is 64.1. The molecule has 143 heavy (non-hydrogen) atoms. The van der Waals surface area contributed by atoms with Crippen LogP contribution >= 0.6 is 25.3 Å². The number of nitrogens with zero attached hydrogens (tertiary/aromatic N) is 1. The molecule has 20 amide bonds. The van der Waals surface area contributed by atoms with E-state index in [1.807, 2.05) is 18.2 Å². The van der Waals surface area contributed by atoms with Gasteiger partial charge in [0.1, 0.15) is 90.0 Å². The molecule has 0 bridgehead atoms. The standard InChI is InChI=1S/C90H142N32O19S2/c91-35-5-3-17-59(112-73(127)61(21-10-40-107-88(101)139)114-78(132)65(45-50-26-31-55(123)32-27-50)118-82(136)69(49-143)121-80(134)67(47-52-25-30-53-14-1-2-15-54(53)44-52)117-76(130)60(20-9-39-106-87(99)100)111-72(126)57(93)16-7-37-104-85(95)96)75(129)116-64(18-4-6-36-92)84(138)122-43-13-24-70(122)83(137)119-66(46-51-28-33-56(124)34-29-51)79(133)115-62(22-11-41-108-89(102)140)74(128)113-63(23-12-42-109-90(103)141)77(131)120-68(48-142)81(135)110-58(71(94)125)19-8-38-105-86(97)98/h1-2,14-15,25-34,44,57-70,123-124,142-143H,3-13,16-24,35-43,45-49,91-93H2,(H2,94,125)(H,110,135)(H,111,126)(H,112,127)(H,113,128)(H,114,132)(H,115,133)(H,116,129)(H,117,130)(H,118,136)(H,119,137)(H,120,131)(H,121,134)(H4,95,96,104)(H4,97,98,105)(H4,99,100,106)(H3,101,107,139)(H3,102,108,140)(H3,103,109,141)/t57-,58-,59-,60-,61-,62-,63-,64+,65-,66-,67-,68-,69-,70-/m0/s1. The molecule has 0 unspecified atom stereocenters. The van der Waals surface area contributed by atoms with Gasteiger partial charge in [0.25, 0.3) is 0 Å². The van der Waals surface area contributed by atoms with Gasteiger partial charge in [0.05, 0.1) is 6.04 Å². The van der Waals surface area contributed by atoms with E-state index < -0.39 is 191 Å². The molecule has 1 aliphatic rings. The molecule has 0 saturated carbocycles. The van der Waals surface area contributed by atoms with E-state index in [9.17, 15) is 63.0 Å². The molecule has 0 radical (unpaired) electrons. The minimum Gasteiger partial charge on any atom is -0.508 e. The summed E-state index contributed by atoms with van der Waals surface area (Å²) in [6, 6.07) is 0.0881. The highest BCUT2D eigenvalue weighted by Gasteiger charge is 2.42. The molecule has 14 atom stereocenters. The Labute approximate surface area is 838 Å². The van der Waals surface area contributed by atoms with E-state index in [0.717, 1.165) is 10.8 Å². The highest BCUT2D eigenvalue weighted by atomic mass is 32.1. The van der Waals surface area contributed by atoms with Crippen molar-refractivity contribution in [3.63, 3.8) is 0 Å². The highest BCUT2D eigenvalue weighted by molar-refractivity contribution is 7.80. The monoisotopic (exact) mass is 2040 g/mol. The Morgan fingerprint density at radius 3 is 1.00 bits per heavy atom. The van der Waals surface area contributed by atoms with Crippen LogP contribution in [0.4, 0.5) is 14.4 Å². The number of carbonyl (C=O) groups is 17. The number of nitrogens with two attached hydrogens (primary N) is 10. The number of benzene rings is 4. The lowest BCUT2D eigenvalue weighted by Gasteiger charge is -2.31. The SMILES string of the molecule is N=C(N)NCCC[C@H](NC(=O)[C@H](CS)NC(=O)[C@H](CCCNC(N)=O)NC(=O)[C@H](CCCNC(N)=O)NC(=O)[C@H](Cc1ccc(O)cc1)NC(=O)[C@@H]1CCCN1C(=O)[C@@H](CCCCN)NC(=O)[C@H](CCCCN)NC(=O)[C@H](CCCNC(N)=O)NC(=O)[C@H](Cc1ccc(O)cc1)NC(=O)[C@H](CS)NC(=O)[C@H](Cc1ccc2ccccc2c1)NC(=O)[C@H](CCCNC(=N)N)NC(=O)[C@@H](N)CCCNC(=N)N)C(N)=O. The largest absolute Gasteiger partial charge is 0.508 e. The second-order valence-electron chi connectivity index (χ2n) is 34.2. The smallest absolute Gasteiger partial charge is 0.312 e. The van der Waals surface area contributed by atoms with Crippen molar-refractivity contribution in [2.24, 2.45) is 57.3 Å². The number of guanidine groups is 3. The van der Waals surface area contributed by atoms with Gasteiger partial charge in [-0.05, 0) is 193 Å². The number of likely N-dealkylation sites (tertiary alicyclic amines) is 1. The molecule has 1 fully saturated rings. The number of fused-ring (bicyclic) bond motifs is 1. The molecular weight excluding hydrogens is 1900 g/mol. The first-order valence-electron chi connectivity index (χ1n) is 47.1. The topological polar surface area (TPSA) is 882 Å². The number of amides is 20. The summed E-state index contributed by atoms with van der Waals surface area (Å²) in [5.74, 6) is -15.2. The Morgan fingerprint density at radius 1 is 0.336 bits per heavy atom. The number of carbonyl (C=O) groups excluding carboxylic acids is 17. The van der Waals surface area contributed by atoms with Gasteiger partial charge in [0.2, 0.25) is 82.7 Å². The number of hydrogen-bond donors (Lipinski definition) is 35. The number of unbranched alkanes of at least 4 members (excludes halogenated alkanes) is 2. The van der Waals surface area contributed by atoms with Crippen molar-refractivity contribution in [3.05, 3.63) is 108 Å². The maximum atomic E-state index is 15.4. The number of primary amides is 4. The van der Waals surface area contributed by atoms with E-state index in [1.165, 1.54) is 53.4 Å². The molecule has 51 nitrogen and oxygen atoms in total. The first kappa shape index (κ1) is 119. The zero-order valence-corrected chi connectivity index (χ0v) is 81.5. The number of hydrogen-bond acceptors (Lipinski definition) is 27. The summed E-state index contributed by atoms with van der Waals surface area (Å²) in [5.41, 5.74) is 57.4. The molecule has 43 N–H and O–H groups in total. The predicted molar refractivity (Wildman–Crippen MR) is 538 cm³/mol. The van der Waals surface area contributed by atoms with Gasteiger partial charge in [-0.2, -0.15) is 25.3 Å². The average molecular weight is 2040 g/mol. The summed E-state index contributed by atoms with van der Waals surface area (Å²) in [7, 11) is 0. The van der Waals surface area contributed by atoms with Crippen molar-refractivity contribution >= 4 is 155 Å². The Kier molecular flexibility index (Phi) is 53.3. The highest BCUT2D eigenvalue weighted by Crippen LogP contribution is 2.24. The summed E-state index contributed by atoms with van der Waals surface area (Å²) in [5, 5.41) is 91.6. The van der Waals surface area contributed by atoms with Crippen LogP contribution in [0.1, 0.15) is 145 Å². The maximum Gasteiger partial charge on any atom is 0.312 e. The lowest BCUT2D eigenvalue weighted by Crippen LogP contribution is -2.61. The number of nitrogens with one attached hydrogen (secondary N) is 21. The summed E-state index contributed by atoms with van der Waals surface area (Å²) >= 11 is 8.70. The van der Waals surface area contributed by atoms with Crippen LogP contribution in [0, 0.1) is 16.2 Å². The number of urea groups is 3. The van der Waals surface area contributed by atoms with Crippen molar-refractivity contribution in [3.8, 4) is 11.5 Å². The molecule has 4 aromatic rings. The van der Waals surface area contributed by atoms with Crippen LogP contribution < -0.4 is 153 Å². The van der Waals surface area contributed by atoms with Crippen LogP contribution in [-0.4, -0.2) is 289 Å². The molecular formula is C90H142N32O19S2. The molecule has 1 aliphatic heterocycles. The summed E-state index contributed by atoms with van der Waals surface area (Å²) in [6.07, 6.45) is -0.187. The lowest BCUT2D eigenvalue weighted by atomic mass is 10.00. The van der Waals surface area contributed by atoms with E-state index >= 15 is 28.8 Å². The fourth-order valence-corrected chi connectivity index (χ4v) is 15.8. The molecule has 0 spiro atoms. The van der Waals surface area contributed by atoms with Crippen LogP contribution in [0.5, 0.6) is 11.5 Å². The van der Waals surface area contributed by atoms with E-state index in [-0.39, 0.29) is 222 Å². The molecule has 1 heterocycles. The van der Waals surface area contributed by atoms with Crippen molar-refractivity contribution in [2.75, 3.05) is 70.4 Å². The first-order valence-corrected chi connectivity index (χ1v) is 48.4. The molecule has 4 aromatic carbocycles. The summed E-state index contributed by atoms with van der Waals surface area (Å²) < 4.78 is 0. The molecule has 5 rings (SSSR count). The lowest BCUT2D eigenvalue weighted by molar-refractivity contribution is -0.142. The zero-order valence-electron chi connectivity index (χ0n) is 79.7. The normalized spacial score (nSPS) is 14.8.